The average molecular weight is 437 g/mol. The van der Waals surface area contributed by atoms with Crippen LogP contribution in [0.3, 0.4) is 0 Å². The molecule has 0 saturated heterocycles. The molecule has 1 aromatic heterocycles. The van der Waals surface area contributed by atoms with Crippen molar-refractivity contribution >= 4 is 34.4 Å². The molecule has 0 aliphatic heterocycles. The highest BCUT2D eigenvalue weighted by molar-refractivity contribution is 5.91. The van der Waals surface area contributed by atoms with Crippen molar-refractivity contribution in [2.45, 2.75) is 44.7 Å². The first-order chi connectivity index (χ1) is 15.4. The Morgan fingerprint density at radius 3 is 2.50 bits per heavy atom. The van der Waals surface area contributed by atoms with E-state index in [1.165, 1.54) is 12.1 Å². The van der Waals surface area contributed by atoms with Crippen molar-refractivity contribution in [3.63, 3.8) is 0 Å². The molecule has 7 nitrogen and oxygen atoms in total. The molecular formula is C24H29FN6O. The van der Waals surface area contributed by atoms with Gasteiger partial charge in [-0.25, -0.2) is 14.2 Å². The van der Waals surface area contributed by atoms with Gasteiger partial charge in [0.15, 0.2) is 0 Å². The van der Waals surface area contributed by atoms with Crippen LogP contribution in [0.4, 0.5) is 26.6 Å². The Morgan fingerprint density at radius 2 is 1.75 bits per heavy atom. The number of nitrogens with zero attached hydrogens (tertiary/aromatic N) is 3. The first kappa shape index (κ1) is 21.8. The number of urea groups is 1. The molecule has 0 spiro atoms. The third-order valence-corrected chi connectivity index (χ3v) is 5.85. The van der Waals surface area contributed by atoms with Crippen LogP contribution in [0, 0.1) is 12.7 Å². The van der Waals surface area contributed by atoms with Crippen LogP contribution in [-0.4, -0.2) is 42.2 Å². The number of aryl methyl sites for hydroxylation is 1. The molecule has 1 aliphatic carbocycles. The Balaban J connectivity index is 1.33. The summed E-state index contributed by atoms with van der Waals surface area (Å²) < 4.78 is 13.4. The van der Waals surface area contributed by atoms with Crippen molar-refractivity contribution < 1.29 is 9.18 Å². The predicted molar refractivity (Wildman–Crippen MR) is 127 cm³/mol. The summed E-state index contributed by atoms with van der Waals surface area (Å²) in [6.07, 6.45) is 3.50. The lowest BCUT2D eigenvalue weighted by atomic mass is 9.91. The van der Waals surface area contributed by atoms with Gasteiger partial charge >= 0.3 is 6.03 Å². The van der Waals surface area contributed by atoms with Gasteiger partial charge in [-0.05, 0) is 62.4 Å². The second kappa shape index (κ2) is 9.38. The van der Waals surface area contributed by atoms with Crippen LogP contribution < -0.4 is 20.9 Å². The lowest BCUT2D eigenvalue weighted by Gasteiger charge is -2.30. The first-order valence-electron chi connectivity index (χ1n) is 10.9. The number of rotatable bonds is 5. The zero-order chi connectivity index (χ0) is 22.7. The molecular weight excluding hydrogens is 407 g/mol. The van der Waals surface area contributed by atoms with Crippen molar-refractivity contribution in [2.24, 2.45) is 0 Å². The Labute approximate surface area is 187 Å². The number of benzene rings is 2. The van der Waals surface area contributed by atoms with Gasteiger partial charge in [-0.3, -0.25) is 0 Å². The third-order valence-electron chi connectivity index (χ3n) is 5.85. The summed E-state index contributed by atoms with van der Waals surface area (Å²) in [5, 5.41) is 10.3. The maximum absolute atomic E-state index is 13.4. The molecule has 1 saturated carbocycles. The number of aromatic nitrogens is 2. The topological polar surface area (TPSA) is 82.2 Å². The zero-order valence-corrected chi connectivity index (χ0v) is 18.7. The van der Waals surface area contributed by atoms with Crippen LogP contribution in [0.2, 0.25) is 0 Å². The molecule has 168 valence electrons. The van der Waals surface area contributed by atoms with Gasteiger partial charge in [-0.1, -0.05) is 18.2 Å². The van der Waals surface area contributed by atoms with Crippen molar-refractivity contribution in [3.8, 4) is 0 Å². The normalized spacial score (nSPS) is 18.2. The average Bonchev–Trinajstić information content (AvgIpc) is 2.77. The van der Waals surface area contributed by atoms with Gasteiger partial charge in [0.05, 0.1) is 5.52 Å². The van der Waals surface area contributed by atoms with Crippen molar-refractivity contribution in [1.82, 2.24) is 15.3 Å². The Kier molecular flexibility index (Phi) is 6.39. The quantitative estimate of drug-likeness (QED) is 0.541. The van der Waals surface area contributed by atoms with E-state index in [4.69, 9.17) is 4.98 Å². The van der Waals surface area contributed by atoms with Gasteiger partial charge in [0, 0.05) is 37.3 Å². The van der Waals surface area contributed by atoms with Gasteiger partial charge in [-0.15, -0.1) is 0 Å². The monoisotopic (exact) mass is 436 g/mol. The molecule has 32 heavy (non-hydrogen) atoms. The maximum atomic E-state index is 13.4. The summed E-state index contributed by atoms with van der Waals surface area (Å²) in [6.45, 7) is 1.84. The SMILES string of the molecule is Cc1ccc(F)cc1NC(=O)N[C@H]1CC[C@@H](Nc2nc(N(C)C)c3ccccc3n2)CC1. The van der Waals surface area contributed by atoms with Gasteiger partial charge in [0.2, 0.25) is 5.95 Å². The van der Waals surface area contributed by atoms with E-state index in [0.717, 1.165) is 48.0 Å². The molecule has 3 aromatic rings. The minimum Gasteiger partial charge on any atom is -0.362 e. The van der Waals surface area contributed by atoms with Crippen molar-refractivity contribution in [1.29, 1.82) is 0 Å². The number of carbonyl (C=O) groups is 1. The Bertz CT molecular complexity index is 1110. The second-order valence-corrected chi connectivity index (χ2v) is 8.53. The van der Waals surface area contributed by atoms with E-state index >= 15 is 0 Å². The standard InChI is InChI=1S/C24H29FN6O/c1-15-8-9-16(25)14-21(15)29-24(32)27-18-12-10-17(11-13-18)26-23-28-20-7-5-4-6-19(20)22(30-23)31(2)3/h4-9,14,17-18H,10-13H2,1-3H3,(H,26,28,30)(H2,27,29,32)/t17-,18+. The summed E-state index contributed by atoms with van der Waals surface area (Å²) in [5.41, 5.74) is 2.22. The van der Waals surface area contributed by atoms with Gasteiger partial charge < -0.3 is 20.9 Å². The smallest absolute Gasteiger partial charge is 0.319 e. The van der Waals surface area contributed by atoms with E-state index in [1.807, 2.05) is 50.2 Å². The predicted octanol–water partition coefficient (Wildman–Crippen LogP) is 4.69. The van der Waals surface area contributed by atoms with Crippen LogP contribution in [0.5, 0.6) is 0 Å². The molecule has 0 radical (unpaired) electrons. The fourth-order valence-corrected chi connectivity index (χ4v) is 4.10. The van der Waals surface area contributed by atoms with Gasteiger partial charge in [-0.2, -0.15) is 4.98 Å². The van der Waals surface area contributed by atoms with Crippen molar-refractivity contribution in [3.05, 3.63) is 53.8 Å². The second-order valence-electron chi connectivity index (χ2n) is 8.53. The summed E-state index contributed by atoms with van der Waals surface area (Å²) in [7, 11) is 3.96. The summed E-state index contributed by atoms with van der Waals surface area (Å²) in [6, 6.07) is 12.4. The number of carbonyl (C=O) groups excluding carboxylic acids is 1. The van der Waals surface area contributed by atoms with E-state index in [9.17, 15) is 9.18 Å². The van der Waals surface area contributed by atoms with E-state index in [0.29, 0.717) is 11.6 Å². The number of para-hydroxylation sites is 1. The summed E-state index contributed by atoms with van der Waals surface area (Å²) >= 11 is 0. The van der Waals surface area contributed by atoms with E-state index in [1.54, 1.807) is 6.07 Å². The molecule has 1 heterocycles. The molecule has 2 amide bonds. The summed E-state index contributed by atoms with van der Waals surface area (Å²) in [4.78, 5) is 23.8. The van der Waals surface area contributed by atoms with E-state index < -0.39 is 0 Å². The molecule has 1 fully saturated rings. The summed E-state index contributed by atoms with van der Waals surface area (Å²) in [5.74, 6) is 1.15. The van der Waals surface area contributed by atoms with E-state index in [2.05, 4.69) is 20.9 Å². The van der Waals surface area contributed by atoms with Crippen LogP contribution >= 0.6 is 0 Å². The van der Waals surface area contributed by atoms with Crippen LogP contribution in [0.15, 0.2) is 42.5 Å². The van der Waals surface area contributed by atoms with Crippen LogP contribution in [0.1, 0.15) is 31.2 Å². The highest BCUT2D eigenvalue weighted by atomic mass is 19.1. The number of hydrogen-bond donors (Lipinski definition) is 3. The molecule has 0 atom stereocenters. The number of anilines is 3. The van der Waals surface area contributed by atoms with Gasteiger partial charge in [0.25, 0.3) is 0 Å². The molecule has 0 bridgehead atoms. The van der Waals surface area contributed by atoms with Crippen LogP contribution in [-0.2, 0) is 0 Å². The Morgan fingerprint density at radius 1 is 1.03 bits per heavy atom. The molecule has 4 rings (SSSR count). The lowest BCUT2D eigenvalue weighted by Crippen LogP contribution is -2.42. The number of nitrogens with one attached hydrogen (secondary N) is 3. The highest BCUT2D eigenvalue weighted by Gasteiger charge is 2.23. The highest BCUT2D eigenvalue weighted by Crippen LogP contribution is 2.26. The number of halogens is 1. The molecule has 2 aromatic carbocycles. The maximum Gasteiger partial charge on any atom is 0.319 e. The third kappa shape index (κ3) is 5.07. The fraction of sp³-hybridized carbons (Fsp3) is 0.375. The van der Waals surface area contributed by atoms with Crippen LogP contribution in [0.25, 0.3) is 10.9 Å². The van der Waals surface area contributed by atoms with Crippen molar-refractivity contribution in [2.75, 3.05) is 29.6 Å². The molecule has 1 aliphatic rings. The first-order valence-corrected chi connectivity index (χ1v) is 10.9. The Hall–Kier alpha value is -3.42. The van der Waals surface area contributed by atoms with Gasteiger partial charge in [0.1, 0.15) is 11.6 Å². The number of amides is 2. The molecule has 3 N–H and O–H groups in total. The molecule has 0 unspecified atom stereocenters. The molecule has 8 heteroatoms. The minimum absolute atomic E-state index is 0.0803. The minimum atomic E-state index is -0.370. The fourth-order valence-electron chi connectivity index (χ4n) is 4.10. The lowest BCUT2D eigenvalue weighted by molar-refractivity contribution is 0.243. The zero-order valence-electron chi connectivity index (χ0n) is 18.7. The van der Waals surface area contributed by atoms with E-state index in [-0.39, 0.29) is 23.9 Å². The number of hydrogen-bond acceptors (Lipinski definition) is 5. The largest absolute Gasteiger partial charge is 0.362 e. The number of fused-ring (bicyclic) bond motifs is 1.